The van der Waals surface area contributed by atoms with E-state index in [1.165, 1.54) is 0 Å². The Morgan fingerprint density at radius 1 is 1.22 bits per heavy atom. The predicted octanol–water partition coefficient (Wildman–Crippen LogP) is 3.66. The molecule has 0 atom stereocenters. The first-order valence-corrected chi connectivity index (χ1v) is 11.7. The summed E-state index contributed by atoms with van der Waals surface area (Å²) in [4.78, 5) is 9.23. The van der Waals surface area contributed by atoms with E-state index >= 15 is 0 Å². The van der Waals surface area contributed by atoms with Gasteiger partial charge in [0.05, 0.1) is 10.7 Å². The lowest BCUT2D eigenvalue weighted by molar-refractivity contribution is 0.346. The second-order valence-corrected chi connectivity index (χ2v) is 10.7. The molecule has 0 aromatic carbocycles. The molecule has 3 rings (SSSR count). The average molecular weight is 409 g/mol. The summed E-state index contributed by atoms with van der Waals surface area (Å²) in [6.07, 6.45) is 5.28. The van der Waals surface area contributed by atoms with E-state index in [-0.39, 0.29) is 10.3 Å². The summed E-state index contributed by atoms with van der Waals surface area (Å²) in [5.74, 6) is 0.425. The summed E-state index contributed by atoms with van der Waals surface area (Å²) >= 11 is 1.67. The number of nitrogens with one attached hydrogen (secondary N) is 1. The van der Waals surface area contributed by atoms with Crippen molar-refractivity contribution < 1.29 is 8.42 Å². The van der Waals surface area contributed by atoms with Crippen molar-refractivity contribution >= 4 is 27.2 Å². The maximum absolute atomic E-state index is 13.0. The van der Waals surface area contributed by atoms with Crippen LogP contribution in [0.3, 0.4) is 0 Å². The largest absolute Gasteiger partial charge is 0.369 e. The van der Waals surface area contributed by atoms with Crippen molar-refractivity contribution in [2.45, 2.75) is 56.8 Å². The maximum atomic E-state index is 13.0. The lowest BCUT2D eigenvalue weighted by Gasteiger charge is -2.26. The highest BCUT2D eigenvalue weighted by Crippen LogP contribution is 2.27. The van der Waals surface area contributed by atoms with Gasteiger partial charge in [-0.3, -0.25) is 0 Å². The highest BCUT2D eigenvalue weighted by molar-refractivity contribution is 7.89. The van der Waals surface area contributed by atoms with Gasteiger partial charge in [-0.25, -0.2) is 18.4 Å². The van der Waals surface area contributed by atoms with E-state index in [2.05, 4.69) is 41.4 Å². The van der Waals surface area contributed by atoms with Gasteiger partial charge in [0.2, 0.25) is 10.0 Å². The van der Waals surface area contributed by atoms with Crippen LogP contribution in [0.5, 0.6) is 0 Å². The van der Waals surface area contributed by atoms with Crippen LogP contribution in [0.1, 0.15) is 50.7 Å². The second-order valence-electron chi connectivity index (χ2n) is 7.89. The Hall–Kier alpha value is -1.51. The van der Waals surface area contributed by atoms with Gasteiger partial charge >= 0.3 is 0 Å². The Kier molecular flexibility index (Phi) is 6.18. The first-order chi connectivity index (χ1) is 12.8. The van der Waals surface area contributed by atoms with Crippen molar-refractivity contribution in [3.63, 3.8) is 0 Å². The summed E-state index contributed by atoms with van der Waals surface area (Å²) in [6.45, 7) is 8.22. The van der Waals surface area contributed by atoms with Gasteiger partial charge in [-0.2, -0.15) is 4.31 Å². The third-order valence-corrected chi connectivity index (χ3v) is 7.82. The zero-order chi connectivity index (χ0) is 19.5. The molecule has 0 amide bonds. The molecule has 0 unspecified atom stereocenters. The van der Waals surface area contributed by atoms with Gasteiger partial charge in [0.15, 0.2) is 0 Å². The molecule has 8 heteroatoms. The lowest BCUT2D eigenvalue weighted by atomic mass is 9.98. The summed E-state index contributed by atoms with van der Waals surface area (Å²) in [5, 5.41) is 6.39. The number of pyridine rings is 1. The SMILES string of the molecule is CC(C)(C)c1nc(CCNc2ncccc2S(=O)(=O)N2CCCCC2)cs1. The standard InChI is InChI=1S/C19H28N4O2S2/c1-19(2,3)18-22-15(14-26-18)9-11-21-17-16(8-7-10-20-17)27(24,25)23-12-5-4-6-13-23/h7-8,10,14H,4-6,9,11-13H2,1-3H3,(H,20,21). The van der Waals surface area contributed by atoms with E-state index in [0.29, 0.717) is 25.5 Å². The van der Waals surface area contributed by atoms with E-state index in [1.807, 2.05) is 0 Å². The minimum absolute atomic E-state index is 0.0486. The van der Waals surface area contributed by atoms with E-state index < -0.39 is 10.0 Å². The molecule has 0 radical (unpaired) electrons. The number of hydrogen-bond donors (Lipinski definition) is 1. The summed E-state index contributed by atoms with van der Waals surface area (Å²) in [7, 11) is -3.51. The lowest BCUT2D eigenvalue weighted by Crippen LogP contribution is -2.36. The quantitative estimate of drug-likeness (QED) is 0.789. The number of anilines is 1. The van der Waals surface area contributed by atoms with E-state index in [4.69, 9.17) is 0 Å². The Labute approximate surface area is 166 Å². The van der Waals surface area contributed by atoms with E-state index in [1.54, 1.807) is 34.0 Å². The molecule has 1 N–H and O–H groups in total. The van der Waals surface area contributed by atoms with Crippen LogP contribution in [-0.4, -0.2) is 42.3 Å². The summed E-state index contributed by atoms with van der Waals surface area (Å²) in [6, 6.07) is 3.32. The predicted molar refractivity (Wildman–Crippen MR) is 110 cm³/mol. The molecule has 0 aliphatic carbocycles. The van der Waals surface area contributed by atoms with Crippen LogP contribution in [0.4, 0.5) is 5.82 Å². The average Bonchev–Trinajstić information content (AvgIpc) is 3.12. The van der Waals surface area contributed by atoms with E-state index in [9.17, 15) is 8.42 Å². The molecular weight excluding hydrogens is 380 g/mol. The van der Waals surface area contributed by atoms with Crippen LogP contribution in [0.2, 0.25) is 0 Å². The molecule has 2 aromatic heterocycles. The molecule has 1 fully saturated rings. The Morgan fingerprint density at radius 2 is 1.96 bits per heavy atom. The first-order valence-electron chi connectivity index (χ1n) is 9.42. The summed E-state index contributed by atoms with van der Waals surface area (Å²) < 4.78 is 27.6. The van der Waals surface area contributed by atoms with Gasteiger partial charge in [-0.15, -0.1) is 11.3 Å². The maximum Gasteiger partial charge on any atom is 0.246 e. The molecule has 1 saturated heterocycles. The highest BCUT2D eigenvalue weighted by atomic mass is 32.2. The molecule has 0 saturated carbocycles. The zero-order valence-electron chi connectivity index (χ0n) is 16.2. The second kappa shape index (κ2) is 8.24. The van der Waals surface area contributed by atoms with Crippen molar-refractivity contribution in [3.05, 3.63) is 34.4 Å². The van der Waals surface area contributed by atoms with Crippen molar-refractivity contribution in [1.29, 1.82) is 0 Å². The number of nitrogens with zero attached hydrogens (tertiary/aromatic N) is 3. The molecule has 148 valence electrons. The molecule has 3 heterocycles. The van der Waals surface area contributed by atoms with Crippen LogP contribution in [0.25, 0.3) is 0 Å². The van der Waals surface area contributed by atoms with Gasteiger partial charge in [-0.1, -0.05) is 27.2 Å². The van der Waals surface area contributed by atoms with E-state index in [0.717, 1.165) is 36.4 Å². The molecule has 1 aliphatic rings. The molecular formula is C19H28N4O2S2. The number of rotatable bonds is 6. The van der Waals surface area contributed by atoms with Crippen LogP contribution in [-0.2, 0) is 21.9 Å². The fraction of sp³-hybridized carbons (Fsp3) is 0.579. The van der Waals surface area contributed by atoms with Gasteiger partial charge in [-0.05, 0) is 25.0 Å². The fourth-order valence-corrected chi connectivity index (χ4v) is 5.63. The van der Waals surface area contributed by atoms with Crippen molar-refractivity contribution in [1.82, 2.24) is 14.3 Å². The number of aromatic nitrogens is 2. The topological polar surface area (TPSA) is 75.2 Å². The van der Waals surface area contributed by atoms with Crippen molar-refractivity contribution in [2.24, 2.45) is 0 Å². The number of hydrogen-bond acceptors (Lipinski definition) is 6. The van der Waals surface area contributed by atoms with Crippen molar-refractivity contribution in [2.75, 3.05) is 25.0 Å². The van der Waals surface area contributed by atoms with Gasteiger partial charge in [0.25, 0.3) is 0 Å². The van der Waals surface area contributed by atoms with Gasteiger partial charge in [0, 0.05) is 43.0 Å². The number of sulfonamides is 1. The minimum Gasteiger partial charge on any atom is -0.369 e. The Bertz CT molecular complexity index is 866. The third-order valence-electron chi connectivity index (χ3n) is 4.57. The van der Waals surface area contributed by atoms with Crippen LogP contribution in [0.15, 0.2) is 28.6 Å². The molecule has 0 bridgehead atoms. The fourth-order valence-electron chi connectivity index (χ4n) is 3.05. The summed E-state index contributed by atoms with van der Waals surface area (Å²) in [5.41, 5.74) is 1.07. The normalized spacial score (nSPS) is 16.4. The molecule has 6 nitrogen and oxygen atoms in total. The highest BCUT2D eigenvalue weighted by Gasteiger charge is 2.28. The molecule has 0 spiro atoms. The number of thiazole rings is 1. The van der Waals surface area contributed by atoms with Gasteiger partial charge in [0.1, 0.15) is 10.7 Å². The van der Waals surface area contributed by atoms with Crippen LogP contribution in [0, 0.1) is 0 Å². The van der Waals surface area contributed by atoms with Crippen LogP contribution >= 0.6 is 11.3 Å². The Balaban J connectivity index is 1.68. The smallest absolute Gasteiger partial charge is 0.246 e. The van der Waals surface area contributed by atoms with Gasteiger partial charge < -0.3 is 5.32 Å². The van der Waals surface area contributed by atoms with Crippen LogP contribution < -0.4 is 5.32 Å². The monoisotopic (exact) mass is 408 g/mol. The minimum atomic E-state index is -3.51. The molecule has 27 heavy (non-hydrogen) atoms. The first kappa shape index (κ1) is 20.2. The molecule has 2 aromatic rings. The molecule has 1 aliphatic heterocycles. The zero-order valence-corrected chi connectivity index (χ0v) is 17.9. The third kappa shape index (κ3) is 4.86. The van der Waals surface area contributed by atoms with Crippen molar-refractivity contribution in [3.8, 4) is 0 Å². The number of piperidine rings is 1. The Morgan fingerprint density at radius 3 is 2.63 bits per heavy atom.